The fourth-order valence-corrected chi connectivity index (χ4v) is 3.49. The Bertz CT molecular complexity index is 564. The lowest BCUT2D eigenvalue weighted by Crippen LogP contribution is -2.08. The third-order valence-electron chi connectivity index (χ3n) is 1.87. The smallest absolute Gasteiger partial charge is 0.268 e. The average Bonchev–Trinajstić information content (AvgIpc) is 2.14. The summed E-state index contributed by atoms with van der Waals surface area (Å²) in [5, 5.41) is 1.28. The second-order valence-corrected chi connectivity index (χ2v) is 5.36. The van der Waals surface area contributed by atoms with Crippen LogP contribution in [-0.4, -0.2) is 4.98 Å². The van der Waals surface area contributed by atoms with Crippen LogP contribution in [0.3, 0.4) is 0 Å². The van der Waals surface area contributed by atoms with Gasteiger partial charge in [-0.2, -0.15) is 0 Å². The lowest BCUT2D eigenvalue weighted by atomic mass is 10.2. The van der Waals surface area contributed by atoms with Gasteiger partial charge in [-0.15, -0.1) is 0 Å². The Balaban J connectivity index is 3.07. The van der Waals surface area contributed by atoms with Gasteiger partial charge in [0.1, 0.15) is 5.02 Å². The van der Waals surface area contributed by atoms with Gasteiger partial charge in [-0.1, -0.05) is 17.7 Å². The number of benzene rings is 1. The molecule has 1 aromatic heterocycles. The predicted molar refractivity (Wildman–Crippen MR) is 75.0 cm³/mol. The van der Waals surface area contributed by atoms with E-state index in [-0.39, 0.29) is 10.6 Å². The molecule has 0 saturated heterocycles. The molecule has 1 N–H and O–H groups in total. The first-order valence-corrected chi connectivity index (χ1v) is 6.30. The lowest BCUT2D eigenvalue weighted by Gasteiger charge is -2.04. The number of pyridine rings is 1. The standard InChI is InChI=1S/C9H4ClI2NO/c10-7-8(12)6-4(11)2-1-3-5(6)13-9(7)14/h1-3H,(H,13,14). The number of fused-ring (bicyclic) bond motifs is 1. The third kappa shape index (κ3) is 1.67. The Morgan fingerprint density at radius 1 is 1.29 bits per heavy atom. The summed E-state index contributed by atoms with van der Waals surface area (Å²) in [5.41, 5.74) is 0.598. The highest BCUT2D eigenvalue weighted by atomic mass is 127. The second kappa shape index (κ2) is 3.97. The monoisotopic (exact) mass is 431 g/mol. The van der Waals surface area contributed by atoms with Crippen LogP contribution in [0.2, 0.25) is 5.02 Å². The minimum absolute atomic E-state index is 0.231. The van der Waals surface area contributed by atoms with E-state index in [0.717, 1.165) is 18.0 Å². The normalized spacial score (nSPS) is 10.8. The molecule has 0 radical (unpaired) electrons. The molecule has 0 aliphatic carbocycles. The Kier molecular flexibility index (Phi) is 3.03. The number of hydrogen-bond acceptors (Lipinski definition) is 1. The van der Waals surface area contributed by atoms with Crippen LogP contribution < -0.4 is 5.56 Å². The molecule has 0 aliphatic rings. The second-order valence-electron chi connectivity index (χ2n) is 2.74. The molecule has 72 valence electrons. The van der Waals surface area contributed by atoms with Gasteiger partial charge < -0.3 is 4.98 Å². The van der Waals surface area contributed by atoms with Gasteiger partial charge in [-0.25, -0.2) is 0 Å². The molecule has 2 rings (SSSR count). The van der Waals surface area contributed by atoms with E-state index in [9.17, 15) is 4.79 Å². The van der Waals surface area contributed by atoms with Crippen molar-refractivity contribution >= 4 is 67.7 Å². The lowest BCUT2D eigenvalue weighted by molar-refractivity contribution is 1.29. The zero-order chi connectivity index (χ0) is 10.3. The molecule has 0 spiro atoms. The number of nitrogens with one attached hydrogen (secondary N) is 1. The molecule has 0 saturated carbocycles. The fraction of sp³-hybridized carbons (Fsp3) is 0. The van der Waals surface area contributed by atoms with Gasteiger partial charge >= 0.3 is 0 Å². The Morgan fingerprint density at radius 3 is 2.71 bits per heavy atom. The molecule has 0 aliphatic heterocycles. The van der Waals surface area contributed by atoms with Crippen molar-refractivity contribution in [3.05, 3.63) is 40.7 Å². The van der Waals surface area contributed by atoms with Crippen molar-refractivity contribution in [3.63, 3.8) is 0 Å². The van der Waals surface area contributed by atoms with E-state index in [1.54, 1.807) is 0 Å². The first-order valence-electron chi connectivity index (χ1n) is 3.77. The Morgan fingerprint density at radius 2 is 2.00 bits per heavy atom. The van der Waals surface area contributed by atoms with Crippen LogP contribution in [0.25, 0.3) is 10.9 Å². The summed E-state index contributed by atoms with van der Waals surface area (Å²) in [5.74, 6) is 0. The molecule has 5 heteroatoms. The van der Waals surface area contributed by atoms with Crippen LogP contribution in [0, 0.1) is 7.14 Å². The summed E-state index contributed by atoms with van der Waals surface area (Å²) < 4.78 is 1.90. The van der Waals surface area contributed by atoms with Crippen LogP contribution in [0.5, 0.6) is 0 Å². The number of halogens is 3. The Hall–Kier alpha value is 0.180. The van der Waals surface area contributed by atoms with Gasteiger partial charge in [-0.3, -0.25) is 4.79 Å². The summed E-state index contributed by atoms with van der Waals surface area (Å²) in [6.07, 6.45) is 0. The number of H-pyrrole nitrogens is 1. The molecular formula is C9H4ClI2NO. The van der Waals surface area contributed by atoms with E-state index < -0.39 is 0 Å². The van der Waals surface area contributed by atoms with Gasteiger partial charge in [0.15, 0.2) is 0 Å². The average molecular weight is 431 g/mol. The molecule has 0 bridgehead atoms. The quantitative estimate of drug-likeness (QED) is 0.638. The van der Waals surface area contributed by atoms with E-state index >= 15 is 0 Å². The van der Waals surface area contributed by atoms with E-state index in [1.807, 2.05) is 18.2 Å². The van der Waals surface area contributed by atoms with Crippen molar-refractivity contribution in [2.75, 3.05) is 0 Å². The van der Waals surface area contributed by atoms with Crippen molar-refractivity contribution in [1.82, 2.24) is 4.98 Å². The summed E-state index contributed by atoms with van der Waals surface area (Å²) >= 11 is 10.2. The van der Waals surface area contributed by atoms with Crippen LogP contribution in [-0.2, 0) is 0 Å². The predicted octanol–water partition coefficient (Wildman–Crippen LogP) is 3.39. The van der Waals surface area contributed by atoms with Gasteiger partial charge in [-0.05, 0) is 57.3 Å². The number of hydrogen-bond donors (Lipinski definition) is 1. The van der Waals surface area contributed by atoms with Crippen molar-refractivity contribution in [2.24, 2.45) is 0 Å². The summed E-state index contributed by atoms with van der Waals surface area (Å²) in [6.45, 7) is 0. The number of rotatable bonds is 0. The molecule has 0 amide bonds. The van der Waals surface area contributed by atoms with Gasteiger partial charge in [0.25, 0.3) is 5.56 Å². The highest BCUT2D eigenvalue weighted by molar-refractivity contribution is 14.1. The van der Waals surface area contributed by atoms with Crippen LogP contribution in [0.1, 0.15) is 0 Å². The molecular weight excluding hydrogens is 427 g/mol. The van der Waals surface area contributed by atoms with Crippen molar-refractivity contribution in [1.29, 1.82) is 0 Å². The topological polar surface area (TPSA) is 32.9 Å². The maximum Gasteiger partial charge on any atom is 0.268 e. The minimum Gasteiger partial charge on any atom is -0.321 e. The minimum atomic E-state index is -0.231. The van der Waals surface area contributed by atoms with E-state index in [4.69, 9.17) is 11.6 Å². The van der Waals surface area contributed by atoms with Gasteiger partial charge in [0.05, 0.1) is 5.52 Å². The SMILES string of the molecule is O=c1[nH]c2cccc(I)c2c(I)c1Cl. The molecule has 14 heavy (non-hydrogen) atoms. The molecule has 2 aromatic rings. The van der Waals surface area contributed by atoms with E-state index in [1.165, 1.54) is 0 Å². The van der Waals surface area contributed by atoms with Crippen molar-refractivity contribution in [3.8, 4) is 0 Å². The van der Waals surface area contributed by atoms with E-state index in [0.29, 0.717) is 0 Å². The fourth-order valence-electron chi connectivity index (χ4n) is 1.24. The first-order chi connectivity index (χ1) is 6.61. The maximum atomic E-state index is 11.4. The molecule has 1 aromatic carbocycles. The first kappa shape index (κ1) is 10.7. The van der Waals surface area contributed by atoms with Crippen molar-refractivity contribution in [2.45, 2.75) is 0 Å². The molecule has 1 heterocycles. The maximum absolute atomic E-state index is 11.4. The molecule has 2 nitrogen and oxygen atoms in total. The number of aromatic nitrogens is 1. The van der Waals surface area contributed by atoms with Crippen molar-refractivity contribution < 1.29 is 0 Å². The van der Waals surface area contributed by atoms with Crippen LogP contribution >= 0.6 is 56.8 Å². The summed E-state index contributed by atoms with van der Waals surface area (Å²) in [7, 11) is 0. The Labute approximate surface area is 112 Å². The summed E-state index contributed by atoms with van der Waals surface area (Å²) in [4.78, 5) is 14.1. The zero-order valence-electron chi connectivity index (χ0n) is 6.77. The molecule has 0 unspecified atom stereocenters. The third-order valence-corrected chi connectivity index (χ3v) is 4.53. The van der Waals surface area contributed by atoms with Gasteiger partial charge in [0.2, 0.25) is 0 Å². The number of aromatic amines is 1. The summed E-state index contributed by atoms with van der Waals surface area (Å²) in [6, 6.07) is 5.76. The highest BCUT2D eigenvalue weighted by Crippen LogP contribution is 2.27. The zero-order valence-corrected chi connectivity index (χ0v) is 11.8. The van der Waals surface area contributed by atoms with E-state index in [2.05, 4.69) is 50.2 Å². The molecule has 0 atom stereocenters. The largest absolute Gasteiger partial charge is 0.321 e. The van der Waals surface area contributed by atoms with Crippen LogP contribution in [0.4, 0.5) is 0 Å². The van der Waals surface area contributed by atoms with Crippen LogP contribution in [0.15, 0.2) is 23.0 Å². The highest BCUT2D eigenvalue weighted by Gasteiger charge is 2.09. The van der Waals surface area contributed by atoms with Gasteiger partial charge in [0, 0.05) is 12.5 Å². The molecule has 0 fully saturated rings.